The number of carbonyl (C=O) groups is 3. The lowest BCUT2D eigenvalue weighted by Gasteiger charge is -2.34. The average Bonchev–Trinajstić information content (AvgIpc) is 3.27. The molecule has 11 heteroatoms. The fourth-order valence-corrected chi connectivity index (χ4v) is 6.38. The lowest BCUT2D eigenvalue weighted by atomic mass is 10.1. The van der Waals surface area contributed by atoms with Crippen molar-refractivity contribution in [1.29, 1.82) is 0 Å². The monoisotopic (exact) mass is 539 g/mol. The van der Waals surface area contributed by atoms with Crippen molar-refractivity contribution in [2.45, 2.75) is 17.3 Å². The minimum atomic E-state index is -0.272. The van der Waals surface area contributed by atoms with E-state index in [0.29, 0.717) is 43.2 Å². The third-order valence-electron chi connectivity index (χ3n) is 6.05. The Kier molecular flexibility index (Phi) is 8.45. The number of pyridine rings is 1. The molecular weight excluding hydrogens is 510 g/mol. The van der Waals surface area contributed by atoms with Gasteiger partial charge in [-0.1, -0.05) is 36.2 Å². The number of carbonyl (C=O) groups excluding carboxylic acids is 3. The number of hydrogen-bond acceptors (Lipinski definition) is 8. The number of thioether (sulfide) groups is 2. The van der Waals surface area contributed by atoms with Crippen LogP contribution in [0.1, 0.15) is 26.4 Å². The summed E-state index contributed by atoms with van der Waals surface area (Å²) >= 11 is 3.06. The van der Waals surface area contributed by atoms with Gasteiger partial charge in [0, 0.05) is 50.5 Å². The van der Waals surface area contributed by atoms with Gasteiger partial charge in [-0.2, -0.15) is 0 Å². The Labute approximate surface area is 224 Å². The van der Waals surface area contributed by atoms with Crippen molar-refractivity contribution in [2.24, 2.45) is 0 Å². The van der Waals surface area contributed by atoms with Gasteiger partial charge in [0.15, 0.2) is 5.50 Å². The maximum atomic E-state index is 13.4. The molecule has 9 nitrogen and oxygen atoms in total. The molecule has 4 rings (SSSR count). The fraction of sp³-hybridized carbons (Fsp3) is 0.308. The second-order valence-corrected chi connectivity index (χ2v) is 11.0. The van der Waals surface area contributed by atoms with E-state index in [1.54, 1.807) is 41.3 Å². The highest BCUT2D eigenvalue weighted by atomic mass is 32.2. The van der Waals surface area contributed by atoms with Crippen molar-refractivity contribution in [3.05, 3.63) is 76.4 Å². The topological polar surface area (TPSA) is 95.1 Å². The van der Waals surface area contributed by atoms with E-state index in [0.717, 1.165) is 14.7 Å². The minimum absolute atomic E-state index is 0.125. The Morgan fingerprint density at radius 2 is 1.92 bits per heavy atom. The van der Waals surface area contributed by atoms with Gasteiger partial charge in [-0.05, 0) is 42.8 Å². The van der Waals surface area contributed by atoms with Crippen molar-refractivity contribution in [3.63, 3.8) is 0 Å². The molecular formula is C26H29N5O4S2. The lowest BCUT2D eigenvalue weighted by Crippen LogP contribution is -2.50. The number of amides is 3. The summed E-state index contributed by atoms with van der Waals surface area (Å²) in [5.74, 6) is 0.0192. The first-order valence-electron chi connectivity index (χ1n) is 11.7. The number of aryl methyl sites for hydroxylation is 1. The molecule has 37 heavy (non-hydrogen) atoms. The number of rotatable bonds is 7. The summed E-state index contributed by atoms with van der Waals surface area (Å²) < 4.78 is 6.53. The molecule has 0 radical (unpaired) electrons. The third-order valence-corrected chi connectivity index (χ3v) is 8.57. The quantitative estimate of drug-likeness (QED) is 0.537. The first kappa shape index (κ1) is 26.6. The van der Waals surface area contributed by atoms with Crippen molar-refractivity contribution >= 4 is 41.2 Å². The van der Waals surface area contributed by atoms with Crippen LogP contribution in [0.4, 0.5) is 0 Å². The highest BCUT2D eigenvalue weighted by molar-refractivity contribution is 8.22. The molecule has 2 aliphatic heterocycles. The summed E-state index contributed by atoms with van der Waals surface area (Å²) in [6.07, 6.45) is 4.86. The van der Waals surface area contributed by atoms with Crippen LogP contribution in [0.15, 0.2) is 64.5 Å². The zero-order chi connectivity index (χ0) is 26.5. The SMILES string of the molecule is C=CC(=O)N1CCN(C(=O)c2cc(SC3=CN(C)C(NC(=O)c4ccccn4)S3)c(C)cc2OC)CC1. The first-order chi connectivity index (χ1) is 17.8. The Morgan fingerprint density at radius 3 is 2.57 bits per heavy atom. The van der Waals surface area contributed by atoms with E-state index >= 15 is 0 Å². The highest BCUT2D eigenvalue weighted by Crippen LogP contribution is 2.44. The summed E-state index contributed by atoms with van der Waals surface area (Å²) in [6.45, 7) is 7.33. The molecule has 1 atom stereocenters. The zero-order valence-electron chi connectivity index (χ0n) is 21.0. The molecule has 1 aromatic heterocycles. The van der Waals surface area contributed by atoms with Crippen LogP contribution >= 0.6 is 23.5 Å². The number of nitrogens with zero attached hydrogens (tertiary/aromatic N) is 4. The average molecular weight is 540 g/mol. The number of nitrogens with one attached hydrogen (secondary N) is 1. The van der Waals surface area contributed by atoms with Gasteiger partial charge in [0.2, 0.25) is 5.91 Å². The van der Waals surface area contributed by atoms with Gasteiger partial charge in [0.1, 0.15) is 11.4 Å². The van der Waals surface area contributed by atoms with Crippen molar-refractivity contribution < 1.29 is 19.1 Å². The van der Waals surface area contributed by atoms with Gasteiger partial charge < -0.3 is 24.8 Å². The van der Waals surface area contributed by atoms with Gasteiger partial charge in [0.25, 0.3) is 11.8 Å². The van der Waals surface area contributed by atoms with Crippen LogP contribution in [-0.2, 0) is 4.79 Å². The van der Waals surface area contributed by atoms with Gasteiger partial charge >= 0.3 is 0 Å². The Hall–Kier alpha value is -3.44. The molecule has 194 valence electrons. The fourth-order valence-electron chi connectivity index (χ4n) is 3.97. The predicted molar refractivity (Wildman–Crippen MR) is 145 cm³/mol. The van der Waals surface area contributed by atoms with E-state index in [2.05, 4.69) is 16.9 Å². The maximum Gasteiger partial charge on any atom is 0.272 e. The van der Waals surface area contributed by atoms with Crippen molar-refractivity contribution in [2.75, 3.05) is 40.3 Å². The van der Waals surface area contributed by atoms with E-state index in [9.17, 15) is 14.4 Å². The minimum Gasteiger partial charge on any atom is -0.496 e. The number of benzene rings is 1. The molecule has 1 saturated heterocycles. The molecule has 0 saturated carbocycles. The van der Waals surface area contributed by atoms with Crippen LogP contribution in [-0.4, -0.2) is 83.2 Å². The zero-order valence-corrected chi connectivity index (χ0v) is 22.6. The molecule has 2 aliphatic rings. The molecule has 1 N–H and O–H groups in total. The Bertz CT molecular complexity index is 1230. The second kappa shape index (κ2) is 11.7. The van der Waals surface area contributed by atoms with Crippen LogP contribution in [0.2, 0.25) is 0 Å². The van der Waals surface area contributed by atoms with Crippen LogP contribution in [0.5, 0.6) is 5.75 Å². The number of piperazine rings is 1. The molecule has 2 aromatic rings. The van der Waals surface area contributed by atoms with Gasteiger partial charge in [0.05, 0.1) is 16.9 Å². The third kappa shape index (κ3) is 6.11. The maximum absolute atomic E-state index is 13.4. The van der Waals surface area contributed by atoms with Crippen LogP contribution in [0.3, 0.4) is 0 Å². The van der Waals surface area contributed by atoms with E-state index < -0.39 is 0 Å². The van der Waals surface area contributed by atoms with E-state index in [4.69, 9.17) is 4.74 Å². The summed E-state index contributed by atoms with van der Waals surface area (Å²) in [5.41, 5.74) is 1.55. The van der Waals surface area contributed by atoms with Crippen molar-refractivity contribution in [1.82, 2.24) is 25.0 Å². The molecule has 3 heterocycles. The first-order valence-corrected chi connectivity index (χ1v) is 13.4. The predicted octanol–water partition coefficient (Wildman–Crippen LogP) is 3.15. The molecule has 1 aromatic carbocycles. The van der Waals surface area contributed by atoms with Crippen LogP contribution in [0.25, 0.3) is 0 Å². The number of methoxy groups -OCH3 is 1. The van der Waals surface area contributed by atoms with Crippen molar-refractivity contribution in [3.8, 4) is 5.75 Å². The Balaban J connectivity index is 1.45. The van der Waals surface area contributed by atoms with Crippen LogP contribution < -0.4 is 10.1 Å². The summed E-state index contributed by atoms with van der Waals surface area (Å²) in [6, 6.07) is 8.96. The van der Waals surface area contributed by atoms with E-state index in [-0.39, 0.29) is 23.2 Å². The molecule has 0 bridgehead atoms. The van der Waals surface area contributed by atoms with Gasteiger partial charge in [-0.15, -0.1) is 0 Å². The standard InChI is InChI=1S/C26H29N5O4S2/c1-5-22(32)30-10-12-31(13-11-30)25(34)18-15-21(17(2)14-20(18)35-4)36-23-16-29(3)26(37-23)28-24(33)19-8-6-7-9-27-19/h5-9,14-16,26H,1,10-13H2,2-4H3,(H,28,33). The smallest absolute Gasteiger partial charge is 0.272 e. The number of aromatic nitrogens is 1. The van der Waals surface area contributed by atoms with Gasteiger partial charge in [-0.3, -0.25) is 19.4 Å². The van der Waals surface area contributed by atoms with E-state index in [1.807, 2.05) is 37.2 Å². The number of ether oxygens (including phenoxy) is 1. The molecule has 3 amide bonds. The molecule has 0 aliphatic carbocycles. The summed E-state index contributed by atoms with van der Waals surface area (Å²) in [7, 11) is 3.45. The highest BCUT2D eigenvalue weighted by Gasteiger charge is 2.29. The van der Waals surface area contributed by atoms with Crippen LogP contribution in [0, 0.1) is 6.92 Å². The second-order valence-electron chi connectivity index (χ2n) is 8.51. The Morgan fingerprint density at radius 1 is 1.19 bits per heavy atom. The lowest BCUT2D eigenvalue weighted by molar-refractivity contribution is -0.127. The summed E-state index contributed by atoms with van der Waals surface area (Å²) in [5, 5.41) is 2.99. The molecule has 1 unspecified atom stereocenters. The van der Waals surface area contributed by atoms with E-state index in [1.165, 1.54) is 29.6 Å². The number of hydrogen-bond donors (Lipinski definition) is 1. The van der Waals surface area contributed by atoms with Gasteiger partial charge in [-0.25, -0.2) is 0 Å². The normalized spacial score (nSPS) is 17.3. The summed E-state index contributed by atoms with van der Waals surface area (Å²) in [4.78, 5) is 48.3. The molecule has 1 fully saturated rings. The molecule has 0 spiro atoms. The largest absolute Gasteiger partial charge is 0.496 e.